The van der Waals surface area contributed by atoms with Crippen LogP contribution >= 0.6 is 0 Å². The van der Waals surface area contributed by atoms with Gasteiger partial charge in [-0.05, 0) is 24.6 Å². The number of nitrogens with two attached hydrogens (primary N) is 1. The number of benzene rings is 1. The first-order valence-corrected chi connectivity index (χ1v) is 6.31. The topological polar surface area (TPSA) is 81.2 Å². The molecular formula is C15H15N3O2. The lowest BCUT2D eigenvalue weighted by Crippen LogP contribution is -1.99. The molecule has 0 saturated carbocycles. The van der Waals surface area contributed by atoms with Crippen molar-refractivity contribution >= 4 is 5.69 Å². The number of ether oxygens (including phenoxy) is 2. The van der Waals surface area contributed by atoms with Gasteiger partial charge in [0.15, 0.2) is 17.2 Å². The van der Waals surface area contributed by atoms with E-state index in [1.807, 2.05) is 31.2 Å². The van der Waals surface area contributed by atoms with Crippen molar-refractivity contribution in [2.24, 2.45) is 0 Å². The Morgan fingerprint density at radius 2 is 1.95 bits per heavy atom. The summed E-state index contributed by atoms with van der Waals surface area (Å²) in [6.07, 6.45) is 0.910. The lowest BCUT2D eigenvalue weighted by Gasteiger charge is -2.11. The number of pyridine rings is 1. The van der Waals surface area contributed by atoms with E-state index in [2.05, 4.69) is 4.98 Å². The van der Waals surface area contributed by atoms with Crippen molar-refractivity contribution in [1.82, 2.24) is 4.98 Å². The van der Waals surface area contributed by atoms with Crippen LogP contribution < -0.4 is 15.2 Å². The lowest BCUT2D eigenvalue weighted by atomic mass is 10.3. The number of nitrogens with zero attached hydrogens (tertiary/aromatic N) is 2. The van der Waals surface area contributed by atoms with Crippen LogP contribution in [0.25, 0.3) is 0 Å². The number of nitrogen functional groups attached to an aromatic ring is 1. The lowest BCUT2D eigenvalue weighted by molar-refractivity contribution is 0.301. The standard InChI is InChI=1S/C15H15N3O2/c1-2-9-19-13-5-3-4-6-14(13)20-15-8-7-11(17)12(10-16)18-15/h3-8H,2,9,17H2,1H3. The summed E-state index contributed by atoms with van der Waals surface area (Å²) >= 11 is 0. The summed E-state index contributed by atoms with van der Waals surface area (Å²) in [4.78, 5) is 4.04. The molecule has 0 atom stereocenters. The van der Waals surface area contributed by atoms with Crippen molar-refractivity contribution in [3.05, 3.63) is 42.1 Å². The van der Waals surface area contributed by atoms with Gasteiger partial charge in [0.25, 0.3) is 0 Å². The molecule has 0 aliphatic heterocycles. The Hall–Kier alpha value is -2.74. The summed E-state index contributed by atoms with van der Waals surface area (Å²) in [6.45, 7) is 2.64. The number of hydrogen-bond acceptors (Lipinski definition) is 5. The molecular weight excluding hydrogens is 254 g/mol. The van der Waals surface area contributed by atoms with Crippen molar-refractivity contribution in [2.45, 2.75) is 13.3 Å². The van der Waals surface area contributed by atoms with Crippen LogP contribution in [0, 0.1) is 11.3 Å². The Kier molecular flexibility index (Phi) is 4.40. The smallest absolute Gasteiger partial charge is 0.220 e. The zero-order valence-electron chi connectivity index (χ0n) is 11.2. The Morgan fingerprint density at radius 1 is 1.20 bits per heavy atom. The monoisotopic (exact) mass is 269 g/mol. The number of rotatable bonds is 5. The van der Waals surface area contributed by atoms with Crippen molar-refractivity contribution in [3.63, 3.8) is 0 Å². The fourth-order valence-corrected chi connectivity index (χ4v) is 1.58. The zero-order chi connectivity index (χ0) is 14.4. The SMILES string of the molecule is CCCOc1ccccc1Oc1ccc(N)c(C#N)n1. The fourth-order valence-electron chi connectivity index (χ4n) is 1.58. The van der Waals surface area contributed by atoms with Gasteiger partial charge in [-0.2, -0.15) is 5.26 Å². The van der Waals surface area contributed by atoms with Crippen molar-refractivity contribution in [2.75, 3.05) is 12.3 Å². The summed E-state index contributed by atoms with van der Waals surface area (Å²) in [5.41, 5.74) is 6.10. The molecule has 0 bridgehead atoms. The summed E-state index contributed by atoms with van der Waals surface area (Å²) in [5.74, 6) is 1.51. The molecule has 20 heavy (non-hydrogen) atoms. The second kappa shape index (κ2) is 6.43. The summed E-state index contributed by atoms with van der Waals surface area (Å²) < 4.78 is 11.3. The molecule has 5 nitrogen and oxygen atoms in total. The van der Waals surface area contributed by atoms with E-state index in [0.717, 1.165) is 6.42 Å². The second-order valence-electron chi connectivity index (χ2n) is 4.10. The largest absolute Gasteiger partial charge is 0.490 e. The molecule has 0 spiro atoms. The zero-order valence-corrected chi connectivity index (χ0v) is 11.2. The molecule has 1 heterocycles. The molecule has 0 saturated heterocycles. The number of hydrogen-bond donors (Lipinski definition) is 1. The van der Waals surface area contributed by atoms with E-state index in [-0.39, 0.29) is 5.69 Å². The van der Waals surface area contributed by atoms with Crippen LogP contribution in [0.2, 0.25) is 0 Å². The fraction of sp³-hybridized carbons (Fsp3) is 0.200. The maximum Gasteiger partial charge on any atom is 0.220 e. The van der Waals surface area contributed by atoms with E-state index >= 15 is 0 Å². The highest BCUT2D eigenvalue weighted by Crippen LogP contribution is 2.31. The molecule has 2 rings (SSSR count). The molecule has 0 fully saturated rings. The van der Waals surface area contributed by atoms with E-state index in [1.54, 1.807) is 18.2 Å². The molecule has 0 aliphatic carbocycles. The predicted octanol–water partition coefficient (Wildman–Crippen LogP) is 3.12. The van der Waals surface area contributed by atoms with Crippen LogP contribution in [0.3, 0.4) is 0 Å². The second-order valence-corrected chi connectivity index (χ2v) is 4.10. The van der Waals surface area contributed by atoms with Crippen LogP contribution in [0.1, 0.15) is 19.0 Å². The molecule has 0 unspecified atom stereocenters. The Balaban J connectivity index is 2.24. The molecule has 5 heteroatoms. The van der Waals surface area contributed by atoms with Crippen molar-refractivity contribution in [3.8, 4) is 23.4 Å². The van der Waals surface area contributed by atoms with E-state index in [1.165, 1.54) is 0 Å². The molecule has 2 N–H and O–H groups in total. The number of para-hydroxylation sites is 2. The highest BCUT2D eigenvalue weighted by Gasteiger charge is 2.08. The first-order valence-electron chi connectivity index (χ1n) is 6.31. The van der Waals surface area contributed by atoms with Gasteiger partial charge in [0.05, 0.1) is 12.3 Å². The highest BCUT2D eigenvalue weighted by atomic mass is 16.5. The molecule has 102 valence electrons. The number of anilines is 1. The van der Waals surface area contributed by atoms with Gasteiger partial charge in [0, 0.05) is 6.07 Å². The van der Waals surface area contributed by atoms with E-state index in [4.69, 9.17) is 20.5 Å². The number of nitriles is 1. The summed E-state index contributed by atoms with van der Waals surface area (Å²) in [7, 11) is 0. The van der Waals surface area contributed by atoms with Gasteiger partial charge >= 0.3 is 0 Å². The van der Waals surface area contributed by atoms with Crippen LogP contribution in [-0.2, 0) is 0 Å². The summed E-state index contributed by atoms with van der Waals surface area (Å²) in [6, 6.07) is 12.5. The molecule has 1 aromatic carbocycles. The van der Waals surface area contributed by atoms with Gasteiger partial charge in [-0.15, -0.1) is 0 Å². The molecule has 2 aromatic rings. The van der Waals surface area contributed by atoms with Gasteiger partial charge < -0.3 is 15.2 Å². The third-order valence-corrected chi connectivity index (χ3v) is 2.53. The van der Waals surface area contributed by atoms with Crippen LogP contribution in [0.15, 0.2) is 36.4 Å². The Labute approximate surface area is 117 Å². The minimum atomic E-state index is 0.148. The van der Waals surface area contributed by atoms with Gasteiger partial charge in [-0.3, -0.25) is 0 Å². The molecule has 0 aliphatic rings. The summed E-state index contributed by atoms with van der Waals surface area (Å²) in [5, 5.41) is 8.91. The van der Waals surface area contributed by atoms with Crippen molar-refractivity contribution in [1.29, 1.82) is 5.26 Å². The minimum Gasteiger partial charge on any atom is -0.490 e. The first-order chi connectivity index (χ1) is 9.74. The minimum absolute atomic E-state index is 0.148. The Morgan fingerprint density at radius 3 is 2.65 bits per heavy atom. The van der Waals surface area contributed by atoms with E-state index in [0.29, 0.717) is 29.7 Å². The van der Waals surface area contributed by atoms with Gasteiger partial charge in [-0.25, -0.2) is 4.98 Å². The first kappa shape index (κ1) is 13.7. The van der Waals surface area contributed by atoms with Crippen LogP contribution in [0.4, 0.5) is 5.69 Å². The third kappa shape index (κ3) is 3.18. The Bertz CT molecular complexity index is 635. The molecule has 0 amide bonds. The number of aromatic nitrogens is 1. The van der Waals surface area contributed by atoms with Gasteiger partial charge in [0.2, 0.25) is 5.88 Å². The maximum atomic E-state index is 8.91. The van der Waals surface area contributed by atoms with Crippen LogP contribution in [0.5, 0.6) is 17.4 Å². The molecule has 0 radical (unpaired) electrons. The average molecular weight is 269 g/mol. The quantitative estimate of drug-likeness (QED) is 0.901. The third-order valence-electron chi connectivity index (χ3n) is 2.53. The molecule has 1 aromatic heterocycles. The average Bonchev–Trinajstić information content (AvgIpc) is 2.48. The van der Waals surface area contributed by atoms with Gasteiger partial charge in [0.1, 0.15) is 6.07 Å². The van der Waals surface area contributed by atoms with Crippen LogP contribution in [-0.4, -0.2) is 11.6 Å². The maximum absolute atomic E-state index is 8.91. The van der Waals surface area contributed by atoms with Crippen molar-refractivity contribution < 1.29 is 9.47 Å². The van der Waals surface area contributed by atoms with E-state index in [9.17, 15) is 0 Å². The van der Waals surface area contributed by atoms with E-state index < -0.39 is 0 Å². The highest BCUT2D eigenvalue weighted by molar-refractivity contribution is 5.51. The normalized spacial score (nSPS) is 9.80. The van der Waals surface area contributed by atoms with Gasteiger partial charge in [-0.1, -0.05) is 19.1 Å². The predicted molar refractivity (Wildman–Crippen MR) is 75.7 cm³/mol.